The quantitative estimate of drug-likeness (QED) is 0.808. The first-order valence-corrected chi connectivity index (χ1v) is 6.29. The van der Waals surface area contributed by atoms with Crippen molar-refractivity contribution in [2.75, 3.05) is 7.05 Å². The number of hydrogen-bond acceptors (Lipinski definition) is 2. The second-order valence-corrected chi connectivity index (χ2v) is 4.39. The molecule has 2 aromatic carbocycles. The maximum atomic E-state index is 10.8. The molecule has 0 amide bonds. The third kappa shape index (κ3) is 3.35. The van der Waals surface area contributed by atoms with E-state index in [9.17, 15) is 4.79 Å². The summed E-state index contributed by atoms with van der Waals surface area (Å²) in [6, 6.07) is 14.6. The van der Waals surface area contributed by atoms with Gasteiger partial charge in [-0.3, -0.25) is 0 Å². The zero-order valence-electron chi connectivity index (χ0n) is 10.9. The van der Waals surface area contributed by atoms with E-state index in [4.69, 9.17) is 5.11 Å². The molecule has 2 N–H and O–H groups in total. The second-order valence-electron chi connectivity index (χ2n) is 4.39. The number of carboxylic acids is 1. The predicted octanol–water partition coefficient (Wildman–Crippen LogP) is 2.96. The fraction of sp³-hybridized carbons (Fsp3) is 0.188. The van der Waals surface area contributed by atoms with E-state index in [-0.39, 0.29) is 5.70 Å². The number of nitrogens with one attached hydrogen (secondary N) is 1. The monoisotopic (exact) mass is 255 g/mol. The maximum Gasteiger partial charge on any atom is 0.351 e. The van der Waals surface area contributed by atoms with E-state index in [1.807, 2.05) is 12.1 Å². The number of likely N-dealkylation sites (N-methyl/N-ethyl adjacent to an activating group) is 1. The molecule has 0 aliphatic carbocycles. The molecule has 19 heavy (non-hydrogen) atoms. The third-order valence-electron chi connectivity index (χ3n) is 3.10. The Morgan fingerprint density at radius 3 is 2.63 bits per heavy atom. The Balaban J connectivity index is 2.08. The van der Waals surface area contributed by atoms with Crippen LogP contribution in [0.3, 0.4) is 0 Å². The number of allylic oxidation sites excluding steroid dienone is 1. The van der Waals surface area contributed by atoms with Crippen LogP contribution in [0.5, 0.6) is 0 Å². The summed E-state index contributed by atoms with van der Waals surface area (Å²) in [5.41, 5.74) is 1.47. The van der Waals surface area contributed by atoms with E-state index in [0.29, 0.717) is 6.42 Å². The molecule has 0 atom stereocenters. The highest BCUT2D eigenvalue weighted by molar-refractivity contribution is 5.85. The smallest absolute Gasteiger partial charge is 0.351 e. The van der Waals surface area contributed by atoms with Crippen LogP contribution in [-0.2, 0) is 11.2 Å². The number of carboxylic acid groups (broad SMARTS) is 1. The van der Waals surface area contributed by atoms with Gasteiger partial charge < -0.3 is 10.4 Å². The fourth-order valence-electron chi connectivity index (χ4n) is 2.07. The Kier molecular flexibility index (Phi) is 4.18. The first-order chi connectivity index (χ1) is 9.20. The predicted molar refractivity (Wildman–Crippen MR) is 77.0 cm³/mol. The summed E-state index contributed by atoms with van der Waals surface area (Å²) < 4.78 is 0. The minimum Gasteiger partial charge on any atom is -0.477 e. The molecule has 3 heteroatoms. The van der Waals surface area contributed by atoms with E-state index in [1.165, 1.54) is 16.3 Å². The molecule has 0 fully saturated rings. The van der Waals surface area contributed by atoms with Gasteiger partial charge in [-0.1, -0.05) is 48.5 Å². The summed E-state index contributed by atoms with van der Waals surface area (Å²) in [6.45, 7) is 0. The lowest BCUT2D eigenvalue weighted by Crippen LogP contribution is -2.15. The number of carbonyl (C=O) groups is 1. The van der Waals surface area contributed by atoms with Gasteiger partial charge in [0.05, 0.1) is 0 Å². The topological polar surface area (TPSA) is 49.3 Å². The molecule has 2 rings (SSSR count). The van der Waals surface area contributed by atoms with Crippen molar-refractivity contribution in [3.05, 3.63) is 59.8 Å². The molecule has 0 radical (unpaired) electrons. The molecule has 0 saturated carbocycles. The Morgan fingerprint density at radius 1 is 1.21 bits per heavy atom. The van der Waals surface area contributed by atoms with Crippen molar-refractivity contribution in [2.45, 2.75) is 12.8 Å². The standard InChI is InChI=1S/C16H17NO2/c1-17-15(16(18)19)8-4-5-12-9-10-13-6-2-3-7-14(13)11-12/h2-3,6-11,17H,4-5H2,1H3,(H,18,19)/b15-8-. The minimum atomic E-state index is -0.916. The number of aliphatic carboxylic acids is 1. The summed E-state index contributed by atoms with van der Waals surface area (Å²) in [5.74, 6) is -0.916. The van der Waals surface area contributed by atoms with Crippen LogP contribution in [0.25, 0.3) is 10.8 Å². The number of fused-ring (bicyclic) bond motifs is 1. The van der Waals surface area contributed by atoms with Gasteiger partial charge in [0.15, 0.2) is 0 Å². The van der Waals surface area contributed by atoms with Crippen molar-refractivity contribution in [1.82, 2.24) is 5.32 Å². The minimum absolute atomic E-state index is 0.251. The van der Waals surface area contributed by atoms with Crippen LogP contribution in [0.15, 0.2) is 54.2 Å². The highest BCUT2D eigenvalue weighted by atomic mass is 16.4. The van der Waals surface area contributed by atoms with Crippen LogP contribution in [0.4, 0.5) is 0 Å². The van der Waals surface area contributed by atoms with Crippen LogP contribution in [-0.4, -0.2) is 18.1 Å². The zero-order chi connectivity index (χ0) is 13.7. The molecule has 0 heterocycles. The van der Waals surface area contributed by atoms with Crippen molar-refractivity contribution in [2.24, 2.45) is 0 Å². The van der Waals surface area contributed by atoms with Gasteiger partial charge in [0.2, 0.25) is 0 Å². The van der Waals surface area contributed by atoms with E-state index in [2.05, 4.69) is 35.6 Å². The summed E-state index contributed by atoms with van der Waals surface area (Å²) in [6.07, 6.45) is 3.27. The van der Waals surface area contributed by atoms with Crippen LogP contribution < -0.4 is 5.32 Å². The lowest BCUT2D eigenvalue weighted by Gasteiger charge is -2.03. The SMILES string of the molecule is CN/C(=C\CCc1ccc2ccccc2c1)C(=O)O. The fourth-order valence-corrected chi connectivity index (χ4v) is 2.07. The second kappa shape index (κ2) is 6.05. The number of hydrogen-bond donors (Lipinski definition) is 2. The molecule has 0 aromatic heterocycles. The van der Waals surface area contributed by atoms with Crippen molar-refractivity contribution in [3.63, 3.8) is 0 Å². The van der Waals surface area contributed by atoms with E-state index >= 15 is 0 Å². The van der Waals surface area contributed by atoms with Crippen molar-refractivity contribution < 1.29 is 9.90 Å². The summed E-state index contributed by atoms with van der Waals surface area (Å²) in [4.78, 5) is 10.8. The van der Waals surface area contributed by atoms with Crippen molar-refractivity contribution in [1.29, 1.82) is 0 Å². The normalized spacial score (nSPS) is 11.5. The molecule has 98 valence electrons. The van der Waals surface area contributed by atoms with Crippen LogP contribution in [0, 0.1) is 0 Å². The van der Waals surface area contributed by atoms with Crippen molar-refractivity contribution in [3.8, 4) is 0 Å². The molecule has 0 aliphatic rings. The van der Waals surface area contributed by atoms with E-state index in [1.54, 1.807) is 13.1 Å². The van der Waals surface area contributed by atoms with E-state index in [0.717, 1.165) is 6.42 Å². The molecule has 2 aromatic rings. The van der Waals surface area contributed by atoms with E-state index < -0.39 is 5.97 Å². The molecule has 0 unspecified atom stereocenters. The molecule has 3 nitrogen and oxygen atoms in total. The first-order valence-electron chi connectivity index (χ1n) is 6.29. The molecule has 0 bridgehead atoms. The van der Waals surface area contributed by atoms with Crippen molar-refractivity contribution >= 4 is 16.7 Å². The zero-order valence-corrected chi connectivity index (χ0v) is 10.9. The molecule has 0 saturated heterocycles. The highest BCUT2D eigenvalue weighted by Crippen LogP contribution is 2.16. The van der Waals surface area contributed by atoms with Gasteiger partial charge in [-0.05, 0) is 29.2 Å². The number of aryl methyl sites for hydroxylation is 1. The van der Waals surface area contributed by atoms with Crippen LogP contribution >= 0.6 is 0 Å². The number of rotatable bonds is 5. The largest absolute Gasteiger partial charge is 0.477 e. The van der Waals surface area contributed by atoms with Gasteiger partial charge in [-0.2, -0.15) is 0 Å². The first kappa shape index (κ1) is 13.1. The van der Waals surface area contributed by atoms with Gasteiger partial charge in [0.1, 0.15) is 5.70 Å². The lowest BCUT2D eigenvalue weighted by atomic mass is 10.0. The Bertz CT molecular complexity index is 617. The summed E-state index contributed by atoms with van der Waals surface area (Å²) in [7, 11) is 1.62. The highest BCUT2D eigenvalue weighted by Gasteiger charge is 2.03. The van der Waals surface area contributed by atoms with Crippen LogP contribution in [0.1, 0.15) is 12.0 Å². The molecular formula is C16H17NO2. The third-order valence-corrected chi connectivity index (χ3v) is 3.10. The average molecular weight is 255 g/mol. The Hall–Kier alpha value is -2.29. The molecule has 0 spiro atoms. The Morgan fingerprint density at radius 2 is 1.95 bits per heavy atom. The number of benzene rings is 2. The van der Waals surface area contributed by atoms with Gasteiger partial charge in [0, 0.05) is 7.05 Å². The van der Waals surface area contributed by atoms with Gasteiger partial charge >= 0.3 is 5.97 Å². The van der Waals surface area contributed by atoms with Crippen LogP contribution in [0.2, 0.25) is 0 Å². The summed E-state index contributed by atoms with van der Waals surface area (Å²) in [5, 5.41) is 14.0. The van der Waals surface area contributed by atoms with Gasteiger partial charge in [0.25, 0.3) is 0 Å². The Labute approximate surface area is 112 Å². The molecular weight excluding hydrogens is 238 g/mol. The lowest BCUT2D eigenvalue weighted by molar-refractivity contribution is -0.133. The average Bonchev–Trinajstić information content (AvgIpc) is 2.43. The summed E-state index contributed by atoms with van der Waals surface area (Å²) >= 11 is 0. The van der Waals surface area contributed by atoms with Gasteiger partial charge in [-0.25, -0.2) is 4.79 Å². The molecule has 0 aliphatic heterocycles. The van der Waals surface area contributed by atoms with Gasteiger partial charge in [-0.15, -0.1) is 0 Å². The maximum absolute atomic E-state index is 10.8.